The minimum Gasteiger partial charge on any atom is -0.341 e. The van der Waals surface area contributed by atoms with Gasteiger partial charge in [-0.2, -0.15) is 11.8 Å². The number of carbonyl (C=O) groups is 1. The maximum absolute atomic E-state index is 12.2. The highest BCUT2D eigenvalue weighted by molar-refractivity contribution is 7.99. The topological polar surface area (TPSA) is 23.6 Å². The van der Waals surface area contributed by atoms with Gasteiger partial charge in [-0.25, -0.2) is 0 Å². The van der Waals surface area contributed by atoms with Crippen molar-refractivity contribution in [3.8, 4) is 0 Å². The molecule has 0 N–H and O–H groups in total. The lowest BCUT2D eigenvalue weighted by Crippen LogP contribution is -2.46. The van der Waals surface area contributed by atoms with Gasteiger partial charge in [0.05, 0.1) is 5.75 Å². The van der Waals surface area contributed by atoms with Crippen LogP contribution in [0.4, 0.5) is 0 Å². The maximum Gasteiger partial charge on any atom is 0.232 e. The molecule has 1 unspecified atom stereocenters. The first-order valence-corrected chi connectivity index (χ1v) is 10.1. The first-order chi connectivity index (χ1) is 11.2. The molecule has 0 radical (unpaired) electrons. The third-order valence-electron chi connectivity index (χ3n) is 5.36. The Morgan fingerprint density at radius 2 is 2.00 bits per heavy atom. The van der Waals surface area contributed by atoms with Crippen LogP contribution < -0.4 is 0 Å². The average molecular weight is 333 g/mol. The Morgan fingerprint density at radius 1 is 1.17 bits per heavy atom. The molecule has 4 heteroatoms. The van der Waals surface area contributed by atoms with Crippen molar-refractivity contribution in [3.63, 3.8) is 0 Å². The van der Waals surface area contributed by atoms with E-state index in [1.807, 2.05) is 6.26 Å². The predicted octanol–water partition coefficient (Wildman–Crippen LogP) is 2.91. The number of piperidine rings is 1. The molecule has 2 aliphatic heterocycles. The largest absolute Gasteiger partial charge is 0.341 e. The van der Waals surface area contributed by atoms with Crippen LogP contribution in [0, 0.1) is 5.41 Å². The summed E-state index contributed by atoms with van der Waals surface area (Å²) in [4.78, 5) is 16.9. The number of rotatable bonds is 5. The van der Waals surface area contributed by atoms with Crippen LogP contribution in [0.3, 0.4) is 0 Å². The Hall–Kier alpha value is -1.00. The molecule has 0 bridgehead atoms. The average Bonchev–Trinajstić information content (AvgIpc) is 2.98. The van der Waals surface area contributed by atoms with Crippen LogP contribution in [0.1, 0.15) is 24.8 Å². The third-order valence-corrected chi connectivity index (χ3v) is 5.89. The van der Waals surface area contributed by atoms with Gasteiger partial charge >= 0.3 is 0 Å². The monoisotopic (exact) mass is 332 g/mol. The summed E-state index contributed by atoms with van der Waals surface area (Å²) in [7, 11) is 0. The van der Waals surface area contributed by atoms with E-state index in [1.54, 1.807) is 11.8 Å². The van der Waals surface area contributed by atoms with Gasteiger partial charge in [-0.15, -0.1) is 0 Å². The minimum atomic E-state index is 0.329. The first-order valence-electron chi connectivity index (χ1n) is 8.74. The molecule has 3 nitrogen and oxygen atoms in total. The van der Waals surface area contributed by atoms with Gasteiger partial charge in [0.15, 0.2) is 0 Å². The lowest BCUT2D eigenvalue weighted by Gasteiger charge is -2.40. The molecule has 2 aliphatic rings. The quantitative estimate of drug-likeness (QED) is 0.828. The van der Waals surface area contributed by atoms with E-state index in [-0.39, 0.29) is 0 Å². The zero-order chi connectivity index (χ0) is 16.1. The second kappa shape index (κ2) is 7.71. The predicted molar refractivity (Wildman–Crippen MR) is 97.8 cm³/mol. The molecule has 1 aromatic rings. The lowest BCUT2D eigenvalue weighted by atomic mass is 9.79. The highest BCUT2D eigenvalue weighted by Crippen LogP contribution is 2.39. The zero-order valence-corrected chi connectivity index (χ0v) is 15.0. The molecule has 2 saturated heterocycles. The fourth-order valence-corrected chi connectivity index (χ4v) is 4.56. The van der Waals surface area contributed by atoms with Crippen LogP contribution in [0.5, 0.6) is 0 Å². The molecule has 1 atom stereocenters. The number of nitrogens with zero attached hydrogens (tertiary/aromatic N) is 2. The van der Waals surface area contributed by atoms with Crippen LogP contribution in [0.2, 0.25) is 0 Å². The number of amides is 1. The summed E-state index contributed by atoms with van der Waals surface area (Å²) in [6.45, 7) is 5.47. The van der Waals surface area contributed by atoms with E-state index in [9.17, 15) is 4.79 Å². The molecule has 3 rings (SSSR count). The fourth-order valence-electron chi connectivity index (χ4n) is 4.13. The molecule has 0 aliphatic carbocycles. The summed E-state index contributed by atoms with van der Waals surface area (Å²) in [6, 6.07) is 10.8. The van der Waals surface area contributed by atoms with Crippen LogP contribution in [-0.2, 0) is 11.2 Å². The van der Waals surface area contributed by atoms with E-state index in [0.717, 1.165) is 26.1 Å². The highest BCUT2D eigenvalue weighted by Gasteiger charge is 2.42. The zero-order valence-electron chi connectivity index (χ0n) is 14.2. The van der Waals surface area contributed by atoms with Crippen molar-refractivity contribution in [3.05, 3.63) is 35.9 Å². The molecule has 126 valence electrons. The van der Waals surface area contributed by atoms with E-state index in [0.29, 0.717) is 17.1 Å². The van der Waals surface area contributed by atoms with Crippen molar-refractivity contribution in [2.24, 2.45) is 5.41 Å². The molecule has 2 heterocycles. The smallest absolute Gasteiger partial charge is 0.232 e. The number of hydrogen-bond donors (Lipinski definition) is 0. The van der Waals surface area contributed by atoms with E-state index in [1.165, 1.54) is 37.9 Å². The van der Waals surface area contributed by atoms with Gasteiger partial charge in [0.25, 0.3) is 0 Å². The Bertz CT molecular complexity index is 521. The van der Waals surface area contributed by atoms with Gasteiger partial charge in [-0.3, -0.25) is 4.79 Å². The van der Waals surface area contributed by atoms with Crippen molar-refractivity contribution in [1.29, 1.82) is 0 Å². The Labute approximate surface area is 144 Å². The number of carbonyl (C=O) groups excluding carboxylic acids is 1. The van der Waals surface area contributed by atoms with Crippen LogP contribution >= 0.6 is 11.8 Å². The van der Waals surface area contributed by atoms with Gasteiger partial charge in [0.2, 0.25) is 5.91 Å². The first kappa shape index (κ1) is 16.8. The van der Waals surface area contributed by atoms with Crippen molar-refractivity contribution < 1.29 is 4.79 Å². The Morgan fingerprint density at radius 3 is 2.78 bits per heavy atom. The summed E-state index contributed by atoms with van der Waals surface area (Å²) < 4.78 is 0. The number of hydrogen-bond acceptors (Lipinski definition) is 3. The molecular formula is C19H28N2OS. The lowest BCUT2D eigenvalue weighted by molar-refractivity contribution is -0.127. The highest BCUT2D eigenvalue weighted by atomic mass is 32.2. The van der Waals surface area contributed by atoms with E-state index in [2.05, 4.69) is 40.1 Å². The van der Waals surface area contributed by atoms with Crippen LogP contribution in [-0.4, -0.2) is 60.4 Å². The van der Waals surface area contributed by atoms with Crippen molar-refractivity contribution in [1.82, 2.24) is 9.80 Å². The molecule has 1 spiro atoms. The van der Waals surface area contributed by atoms with Crippen molar-refractivity contribution in [2.75, 3.05) is 44.7 Å². The number of likely N-dealkylation sites (tertiary alicyclic amines) is 2. The molecular weight excluding hydrogens is 304 g/mol. The fraction of sp³-hybridized carbons (Fsp3) is 0.632. The summed E-state index contributed by atoms with van der Waals surface area (Å²) in [5.41, 5.74) is 1.79. The summed E-state index contributed by atoms with van der Waals surface area (Å²) in [5, 5.41) is 0. The molecule has 0 saturated carbocycles. The van der Waals surface area contributed by atoms with Crippen LogP contribution in [0.25, 0.3) is 0 Å². The molecule has 23 heavy (non-hydrogen) atoms. The summed E-state index contributed by atoms with van der Waals surface area (Å²) >= 11 is 1.64. The standard InChI is InChI=1S/C19H28N2OS/c1-23-14-18(22)21-13-10-19(16-21)9-5-11-20(15-19)12-8-17-6-3-2-4-7-17/h2-4,6-7H,5,8-16H2,1H3. The Kier molecular flexibility index (Phi) is 5.65. The SMILES string of the molecule is CSCC(=O)N1CCC2(CCCN(CCc3ccccc3)C2)C1. The number of benzene rings is 1. The van der Waals surface area contributed by atoms with Gasteiger partial charge in [0.1, 0.15) is 0 Å². The second-order valence-corrected chi connectivity index (χ2v) is 7.98. The number of thioether (sulfide) groups is 1. The van der Waals surface area contributed by atoms with Crippen molar-refractivity contribution >= 4 is 17.7 Å². The van der Waals surface area contributed by atoms with Gasteiger partial charge in [0, 0.05) is 31.6 Å². The second-order valence-electron chi connectivity index (χ2n) is 7.11. The van der Waals surface area contributed by atoms with Gasteiger partial charge in [-0.1, -0.05) is 30.3 Å². The van der Waals surface area contributed by atoms with E-state index < -0.39 is 0 Å². The Balaban J connectivity index is 1.53. The summed E-state index contributed by atoms with van der Waals surface area (Å²) in [5.74, 6) is 0.962. The van der Waals surface area contributed by atoms with Gasteiger partial charge in [-0.05, 0) is 44.0 Å². The third kappa shape index (κ3) is 4.30. The van der Waals surface area contributed by atoms with E-state index >= 15 is 0 Å². The molecule has 0 aromatic heterocycles. The van der Waals surface area contributed by atoms with E-state index in [4.69, 9.17) is 0 Å². The molecule has 1 aromatic carbocycles. The van der Waals surface area contributed by atoms with Crippen molar-refractivity contribution in [2.45, 2.75) is 25.7 Å². The maximum atomic E-state index is 12.2. The normalized spacial score (nSPS) is 25.2. The molecule has 2 fully saturated rings. The van der Waals surface area contributed by atoms with Crippen LogP contribution in [0.15, 0.2) is 30.3 Å². The summed E-state index contributed by atoms with van der Waals surface area (Å²) in [6.07, 6.45) is 6.90. The molecule has 1 amide bonds. The van der Waals surface area contributed by atoms with Gasteiger partial charge < -0.3 is 9.80 Å². The minimum absolute atomic E-state index is 0.329.